The largest absolute Gasteiger partial charge is 0.331 e. The van der Waals surface area contributed by atoms with E-state index in [1.165, 1.54) is 0 Å². The molecular formula is C27H32F3N5O. The Labute approximate surface area is 209 Å². The Bertz CT molecular complexity index is 1300. The number of carbonyl (C=O) groups is 1. The second-order valence-corrected chi connectivity index (χ2v) is 10.8. The first-order valence-electron chi connectivity index (χ1n) is 12.1. The van der Waals surface area contributed by atoms with Gasteiger partial charge in [-0.15, -0.1) is 10.2 Å². The predicted octanol–water partition coefficient (Wildman–Crippen LogP) is 4.91. The summed E-state index contributed by atoms with van der Waals surface area (Å²) < 4.78 is 43.0. The zero-order valence-electron chi connectivity index (χ0n) is 21.3. The number of nitrogens with zero attached hydrogens (tertiary/aromatic N) is 4. The van der Waals surface area contributed by atoms with E-state index in [-0.39, 0.29) is 36.3 Å². The van der Waals surface area contributed by atoms with Gasteiger partial charge in [0.2, 0.25) is 5.91 Å². The van der Waals surface area contributed by atoms with Crippen LogP contribution >= 0.6 is 0 Å². The number of fused-ring (bicyclic) bond motifs is 3. The topological polar surface area (TPSA) is 77.0 Å². The Hall–Kier alpha value is -3.20. The SMILES string of the molecule is CC(C)c1ccc2c(c1)CN(C(=O)C[C@H](N)Cc1cc(F)c(F)cc1F)Cc1nnc(C(C)(C)C)n1-2. The van der Waals surface area contributed by atoms with Gasteiger partial charge >= 0.3 is 0 Å². The van der Waals surface area contributed by atoms with Gasteiger partial charge in [-0.3, -0.25) is 9.36 Å². The van der Waals surface area contributed by atoms with Crippen LogP contribution in [0.15, 0.2) is 30.3 Å². The molecule has 0 radical (unpaired) electrons. The van der Waals surface area contributed by atoms with Gasteiger partial charge in [-0.1, -0.05) is 46.8 Å². The Morgan fingerprint density at radius 1 is 1.03 bits per heavy atom. The molecule has 2 N–H and O–H groups in total. The molecule has 1 aliphatic heterocycles. The van der Waals surface area contributed by atoms with Crippen LogP contribution in [0.25, 0.3) is 5.69 Å². The van der Waals surface area contributed by atoms with E-state index in [4.69, 9.17) is 5.73 Å². The first kappa shape index (κ1) is 25.9. The van der Waals surface area contributed by atoms with Crippen LogP contribution in [-0.2, 0) is 29.7 Å². The van der Waals surface area contributed by atoms with E-state index in [0.29, 0.717) is 24.4 Å². The average Bonchev–Trinajstić information content (AvgIpc) is 3.13. The molecule has 0 bridgehead atoms. The highest BCUT2D eigenvalue weighted by atomic mass is 19.2. The monoisotopic (exact) mass is 499 g/mol. The molecule has 1 atom stereocenters. The highest BCUT2D eigenvalue weighted by Gasteiger charge is 2.31. The first-order chi connectivity index (χ1) is 16.8. The number of hydrogen-bond donors (Lipinski definition) is 1. The quantitative estimate of drug-likeness (QED) is 0.506. The Balaban J connectivity index is 1.63. The molecule has 0 aliphatic carbocycles. The maximum absolute atomic E-state index is 14.1. The van der Waals surface area contributed by atoms with Crippen LogP contribution in [0.4, 0.5) is 13.2 Å². The van der Waals surface area contributed by atoms with Crippen molar-refractivity contribution in [3.63, 3.8) is 0 Å². The second kappa shape index (κ2) is 9.69. The number of amides is 1. The fourth-order valence-electron chi connectivity index (χ4n) is 4.50. The molecule has 0 spiro atoms. The fraction of sp³-hybridized carbons (Fsp3) is 0.444. The molecule has 2 heterocycles. The molecule has 36 heavy (non-hydrogen) atoms. The van der Waals surface area contributed by atoms with Gasteiger partial charge in [-0.05, 0) is 41.2 Å². The van der Waals surface area contributed by atoms with Crippen molar-refractivity contribution in [2.75, 3.05) is 0 Å². The van der Waals surface area contributed by atoms with Gasteiger partial charge in [-0.25, -0.2) is 13.2 Å². The maximum Gasteiger partial charge on any atom is 0.224 e. The third kappa shape index (κ3) is 5.16. The zero-order valence-corrected chi connectivity index (χ0v) is 21.3. The summed E-state index contributed by atoms with van der Waals surface area (Å²) in [6.45, 7) is 11.0. The highest BCUT2D eigenvalue weighted by molar-refractivity contribution is 5.77. The Morgan fingerprint density at radius 3 is 2.39 bits per heavy atom. The number of nitrogens with two attached hydrogens (primary N) is 1. The standard InChI is InChI=1S/C27H32F3N5O/c1-15(2)16-6-7-23-18(8-16)13-34(14-24-32-33-26(35(23)24)27(3,4)5)25(36)11-19(31)9-17-10-21(29)22(30)12-20(17)28/h6-8,10,12,15,19H,9,11,13-14,31H2,1-5H3/t19-/m1/s1. The summed E-state index contributed by atoms with van der Waals surface area (Å²) in [6.07, 6.45) is -0.182. The summed E-state index contributed by atoms with van der Waals surface area (Å²) in [6, 6.07) is 6.77. The van der Waals surface area contributed by atoms with Crippen LogP contribution in [0.1, 0.15) is 75.3 Å². The summed E-state index contributed by atoms with van der Waals surface area (Å²) in [7, 11) is 0. The molecule has 9 heteroatoms. The van der Waals surface area contributed by atoms with Gasteiger partial charge < -0.3 is 10.6 Å². The third-order valence-corrected chi connectivity index (χ3v) is 6.47. The summed E-state index contributed by atoms with van der Waals surface area (Å²) in [5.74, 6) is -1.78. The lowest BCUT2D eigenvalue weighted by molar-refractivity contribution is -0.132. The van der Waals surface area contributed by atoms with Crippen molar-refractivity contribution < 1.29 is 18.0 Å². The van der Waals surface area contributed by atoms with Crippen LogP contribution in [0.3, 0.4) is 0 Å². The van der Waals surface area contributed by atoms with Gasteiger partial charge in [0.25, 0.3) is 0 Å². The van der Waals surface area contributed by atoms with Gasteiger partial charge in [0.1, 0.15) is 11.6 Å². The number of rotatable bonds is 5. The Morgan fingerprint density at radius 2 is 1.72 bits per heavy atom. The maximum atomic E-state index is 14.1. The molecular weight excluding hydrogens is 467 g/mol. The third-order valence-electron chi connectivity index (χ3n) is 6.47. The molecule has 6 nitrogen and oxygen atoms in total. The van der Waals surface area contributed by atoms with E-state index in [0.717, 1.165) is 28.7 Å². The minimum Gasteiger partial charge on any atom is -0.331 e. The van der Waals surface area contributed by atoms with E-state index in [2.05, 4.69) is 63.0 Å². The number of benzene rings is 2. The summed E-state index contributed by atoms with van der Waals surface area (Å²) >= 11 is 0. The van der Waals surface area contributed by atoms with Crippen molar-refractivity contribution in [1.82, 2.24) is 19.7 Å². The van der Waals surface area contributed by atoms with E-state index < -0.39 is 23.5 Å². The molecule has 1 aliphatic rings. The van der Waals surface area contributed by atoms with E-state index in [1.807, 2.05) is 4.57 Å². The summed E-state index contributed by atoms with van der Waals surface area (Å²) in [5, 5.41) is 8.85. The minimum atomic E-state index is -1.26. The fourth-order valence-corrected chi connectivity index (χ4v) is 4.50. The van der Waals surface area contributed by atoms with Crippen molar-refractivity contribution >= 4 is 5.91 Å². The van der Waals surface area contributed by atoms with Crippen molar-refractivity contribution in [3.05, 3.63) is 76.1 Å². The number of halogens is 3. The number of hydrogen-bond acceptors (Lipinski definition) is 4. The van der Waals surface area contributed by atoms with Gasteiger partial charge in [0, 0.05) is 30.5 Å². The van der Waals surface area contributed by atoms with Crippen LogP contribution in [-0.4, -0.2) is 31.6 Å². The van der Waals surface area contributed by atoms with E-state index >= 15 is 0 Å². The molecule has 192 valence electrons. The van der Waals surface area contributed by atoms with Gasteiger partial charge in [0.15, 0.2) is 17.5 Å². The average molecular weight is 500 g/mol. The van der Waals surface area contributed by atoms with Crippen LogP contribution in [0, 0.1) is 17.5 Å². The molecule has 2 aromatic carbocycles. The second-order valence-electron chi connectivity index (χ2n) is 10.8. The Kier molecular flexibility index (Phi) is 6.96. The minimum absolute atomic E-state index is 0.0634. The molecule has 0 unspecified atom stereocenters. The smallest absolute Gasteiger partial charge is 0.224 e. The lowest BCUT2D eigenvalue weighted by atomic mass is 9.94. The zero-order chi connectivity index (χ0) is 26.4. The number of carbonyl (C=O) groups excluding carboxylic acids is 1. The lowest BCUT2D eigenvalue weighted by Gasteiger charge is -2.23. The highest BCUT2D eigenvalue weighted by Crippen LogP contribution is 2.32. The van der Waals surface area contributed by atoms with E-state index in [9.17, 15) is 18.0 Å². The van der Waals surface area contributed by atoms with Crippen LogP contribution in [0.5, 0.6) is 0 Å². The van der Waals surface area contributed by atoms with E-state index in [1.54, 1.807) is 4.90 Å². The lowest BCUT2D eigenvalue weighted by Crippen LogP contribution is -2.36. The van der Waals surface area contributed by atoms with Crippen molar-refractivity contribution in [3.8, 4) is 5.69 Å². The predicted molar refractivity (Wildman–Crippen MR) is 131 cm³/mol. The summed E-state index contributed by atoms with van der Waals surface area (Å²) in [4.78, 5) is 15.0. The molecule has 3 aromatic rings. The van der Waals surface area contributed by atoms with Crippen molar-refractivity contribution in [2.45, 2.75) is 77.9 Å². The molecule has 0 saturated carbocycles. The van der Waals surface area contributed by atoms with Crippen LogP contribution < -0.4 is 5.73 Å². The van der Waals surface area contributed by atoms with Gasteiger partial charge in [0.05, 0.1) is 12.2 Å². The van der Waals surface area contributed by atoms with Crippen LogP contribution in [0.2, 0.25) is 0 Å². The van der Waals surface area contributed by atoms with Crippen molar-refractivity contribution in [1.29, 1.82) is 0 Å². The van der Waals surface area contributed by atoms with Crippen molar-refractivity contribution in [2.24, 2.45) is 5.73 Å². The summed E-state index contributed by atoms with van der Waals surface area (Å²) in [5.41, 5.74) is 8.89. The number of aromatic nitrogens is 3. The molecule has 1 amide bonds. The molecule has 1 aromatic heterocycles. The van der Waals surface area contributed by atoms with Gasteiger partial charge in [-0.2, -0.15) is 0 Å². The molecule has 0 fully saturated rings. The normalized spacial score (nSPS) is 14.4. The first-order valence-corrected chi connectivity index (χ1v) is 12.1. The molecule has 0 saturated heterocycles. The molecule has 4 rings (SSSR count).